The number of hydrogen-bond donors (Lipinski definition) is 4. The Balaban J connectivity index is 2.50. The summed E-state index contributed by atoms with van der Waals surface area (Å²) < 4.78 is 6.18. The van der Waals surface area contributed by atoms with Crippen molar-refractivity contribution < 1.29 is 24.9 Å². The van der Waals surface area contributed by atoms with E-state index in [1.807, 2.05) is 0 Å². The number of carbonyl (C=O) groups excluding carboxylic acids is 1. The van der Waals surface area contributed by atoms with Gasteiger partial charge in [0.1, 0.15) is 17.8 Å². The molecule has 110 valence electrons. The topological polar surface area (TPSA) is 148 Å². The molecule has 0 spiro atoms. The molecular formula is C11H15N3O6. The first-order valence-corrected chi connectivity index (χ1v) is 5.84. The molecule has 1 aliphatic heterocycles. The summed E-state index contributed by atoms with van der Waals surface area (Å²) in [5.41, 5.74) is 1.84. The van der Waals surface area contributed by atoms with Gasteiger partial charge in [-0.1, -0.05) is 0 Å². The number of aliphatic hydroxyl groups excluding tert-OH is 2. The minimum absolute atomic E-state index is 0.506. The van der Waals surface area contributed by atoms with Crippen molar-refractivity contribution >= 4 is 5.91 Å². The van der Waals surface area contributed by atoms with Gasteiger partial charge in [-0.05, 0) is 6.92 Å². The van der Waals surface area contributed by atoms with Gasteiger partial charge >= 0.3 is 0 Å². The summed E-state index contributed by atoms with van der Waals surface area (Å²) in [5.74, 6) is -1.01. The van der Waals surface area contributed by atoms with Gasteiger partial charge in [-0.2, -0.15) is 0 Å². The van der Waals surface area contributed by atoms with Crippen LogP contribution in [-0.4, -0.2) is 55.2 Å². The van der Waals surface area contributed by atoms with E-state index in [1.165, 1.54) is 13.1 Å². The number of ether oxygens (including phenoxy) is 1. The zero-order valence-corrected chi connectivity index (χ0v) is 10.6. The lowest BCUT2D eigenvalue weighted by Gasteiger charge is -2.27. The number of aromatic nitrogens is 2. The van der Waals surface area contributed by atoms with Gasteiger partial charge in [0.05, 0.1) is 6.61 Å². The van der Waals surface area contributed by atoms with E-state index >= 15 is 0 Å². The van der Waals surface area contributed by atoms with Crippen LogP contribution in [0.5, 0.6) is 0 Å². The first-order chi connectivity index (χ1) is 9.30. The average Bonchev–Trinajstić information content (AvgIpc) is 2.61. The Labute approximate surface area is 113 Å². The zero-order valence-electron chi connectivity index (χ0n) is 10.6. The Morgan fingerprint density at radius 2 is 2.30 bits per heavy atom. The molecule has 1 aromatic heterocycles. The predicted octanol–water partition coefficient (Wildman–Crippen LogP) is -2.66. The fourth-order valence-electron chi connectivity index (χ4n) is 2.17. The van der Waals surface area contributed by atoms with Crippen molar-refractivity contribution in [2.75, 3.05) is 6.61 Å². The van der Waals surface area contributed by atoms with Crippen LogP contribution in [0.15, 0.2) is 17.2 Å². The molecule has 4 atom stereocenters. The van der Waals surface area contributed by atoms with Crippen molar-refractivity contribution in [2.45, 2.75) is 31.0 Å². The highest BCUT2D eigenvalue weighted by molar-refractivity contribution is 5.90. The third kappa shape index (κ3) is 2.10. The van der Waals surface area contributed by atoms with Crippen molar-refractivity contribution in [1.82, 2.24) is 9.55 Å². The van der Waals surface area contributed by atoms with Gasteiger partial charge in [-0.25, -0.2) is 4.98 Å². The van der Waals surface area contributed by atoms with Gasteiger partial charge < -0.3 is 25.8 Å². The Hall–Kier alpha value is -1.81. The molecule has 2 unspecified atom stereocenters. The van der Waals surface area contributed by atoms with Gasteiger partial charge in [0.15, 0.2) is 11.9 Å². The zero-order chi connectivity index (χ0) is 15.1. The molecule has 0 bridgehead atoms. The highest BCUT2D eigenvalue weighted by Crippen LogP contribution is 2.37. The van der Waals surface area contributed by atoms with Gasteiger partial charge in [0, 0.05) is 12.4 Å². The molecule has 2 rings (SSSR count). The van der Waals surface area contributed by atoms with Crippen LogP contribution in [-0.2, 0) is 4.74 Å². The van der Waals surface area contributed by atoms with E-state index in [2.05, 4.69) is 4.98 Å². The quantitative estimate of drug-likeness (QED) is 0.473. The van der Waals surface area contributed by atoms with E-state index in [1.54, 1.807) is 0 Å². The first-order valence-electron chi connectivity index (χ1n) is 5.84. The van der Waals surface area contributed by atoms with Crippen LogP contribution in [0.4, 0.5) is 0 Å². The fraction of sp³-hybridized carbons (Fsp3) is 0.545. The third-order valence-electron chi connectivity index (χ3n) is 3.29. The van der Waals surface area contributed by atoms with Crippen LogP contribution >= 0.6 is 0 Å². The molecule has 0 aromatic carbocycles. The fourth-order valence-corrected chi connectivity index (χ4v) is 2.17. The van der Waals surface area contributed by atoms with E-state index in [9.17, 15) is 19.8 Å². The Kier molecular flexibility index (Phi) is 3.61. The predicted molar refractivity (Wildman–Crippen MR) is 64.6 cm³/mol. The summed E-state index contributed by atoms with van der Waals surface area (Å²) in [5, 5.41) is 29.2. The SMILES string of the molecule is CC1(O)C(O)[C@@H](CO)O[C@@H]1n1ccnc(C(N)=O)c1=O. The summed E-state index contributed by atoms with van der Waals surface area (Å²) >= 11 is 0. The largest absolute Gasteiger partial charge is 0.394 e. The van der Waals surface area contributed by atoms with Crippen molar-refractivity contribution in [1.29, 1.82) is 0 Å². The minimum atomic E-state index is -1.83. The number of nitrogens with two attached hydrogens (primary N) is 1. The smallest absolute Gasteiger partial charge is 0.284 e. The molecule has 0 saturated carbocycles. The highest BCUT2D eigenvalue weighted by Gasteiger charge is 2.53. The van der Waals surface area contributed by atoms with Crippen LogP contribution in [0.3, 0.4) is 0 Å². The average molecular weight is 285 g/mol. The van der Waals surface area contributed by atoms with Crippen LogP contribution in [0.1, 0.15) is 23.6 Å². The van der Waals surface area contributed by atoms with Crippen molar-refractivity contribution in [3.8, 4) is 0 Å². The lowest BCUT2D eigenvalue weighted by atomic mass is 9.96. The van der Waals surface area contributed by atoms with Crippen LogP contribution in [0, 0.1) is 0 Å². The summed E-state index contributed by atoms with van der Waals surface area (Å²) in [4.78, 5) is 26.7. The summed E-state index contributed by atoms with van der Waals surface area (Å²) in [6, 6.07) is 0. The van der Waals surface area contributed by atoms with Crippen molar-refractivity contribution in [2.24, 2.45) is 5.73 Å². The van der Waals surface area contributed by atoms with Crippen LogP contribution < -0.4 is 11.3 Å². The second kappa shape index (κ2) is 4.94. The van der Waals surface area contributed by atoms with Crippen molar-refractivity contribution in [3.05, 3.63) is 28.4 Å². The van der Waals surface area contributed by atoms with E-state index in [4.69, 9.17) is 15.6 Å². The third-order valence-corrected chi connectivity index (χ3v) is 3.29. The lowest BCUT2D eigenvalue weighted by molar-refractivity contribution is -0.0983. The number of primary amides is 1. The minimum Gasteiger partial charge on any atom is -0.394 e. The summed E-state index contributed by atoms with van der Waals surface area (Å²) in [6.45, 7) is 0.727. The molecule has 1 fully saturated rings. The first kappa shape index (κ1) is 14.6. The highest BCUT2D eigenvalue weighted by atomic mass is 16.6. The molecule has 1 amide bonds. The molecule has 1 aromatic rings. The van der Waals surface area contributed by atoms with Gasteiger partial charge in [-0.15, -0.1) is 0 Å². The molecule has 20 heavy (non-hydrogen) atoms. The monoisotopic (exact) mass is 285 g/mol. The number of nitrogens with zero attached hydrogens (tertiary/aromatic N) is 2. The number of aliphatic hydroxyl groups is 3. The lowest BCUT2D eigenvalue weighted by Crippen LogP contribution is -2.46. The Morgan fingerprint density at radius 3 is 2.80 bits per heavy atom. The molecule has 9 nitrogen and oxygen atoms in total. The molecular weight excluding hydrogens is 270 g/mol. The molecule has 9 heteroatoms. The summed E-state index contributed by atoms with van der Waals surface area (Å²) in [6.07, 6.45) is -1.37. The molecule has 5 N–H and O–H groups in total. The standard InChI is InChI=1S/C11H15N3O6/c1-11(19)7(16)5(4-15)20-10(11)14-3-2-13-6(8(12)17)9(14)18/h2-3,5,7,10,15-16,19H,4H2,1H3,(H2,12,17)/t5-,7?,10+,11?/m1/s1. The van der Waals surface area contributed by atoms with Crippen molar-refractivity contribution in [3.63, 3.8) is 0 Å². The molecule has 1 saturated heterocycles. The number of amides is 1. The maximum Gasteiger partial charge on any atom is 0.284 e. The number of rotatable bonds is 3. The number of carbonyl (C=O) groups is 1. The Bertz CT molecular complexity index is 584. The maximum absolute atomic E-state index is 12.1. The molecule has 2 heterocycles. The molecule has 0 aliphatic carbocycles. The molecule has 1 aliphatic rings. The second-order valence-corrected chi connectivity index (χ2v) is 4.73. The van der Waals surface area contributed by atoms with Crippen LogP contribution in [0.2, 0.25) is 0 Å². The summed E-state index contributed by atoms with van der Waals surface area (Å²) in [7, 11) is 0. The van der Waals surface area contributed by atoms with Crippen LogP contribution in [0.25, 0.3) is 0 Å². The number of hydrogen-bond acceptors (Lipinski definition) is 7. The van der Waals surface area contributed by atoms with Gasteiger partial charge in [0.25, 0.3) is 11.5 Å². The maximum atomic E-state index is 12.1. The van der Waals surface area contributed by atoms with Gasteiger partial charge in [-0.3, -0.25) is 14.2 Å². The van der Waals surface area contributed by atoms with E-state index in [0.29, 0.717) is 0 Å². The van der Waals surface area contributed by atoms with Gasteiger partial charge in [0.2, 0.25) is 0 Å². The normalized spacial score (nSPS) is 33.3. The van der Waals surface area contributed by atoms with E-state index in [0.717, 1.165) is 10.8 Å². The van der Waals surface area contributed by atoms with E-state index < -0.39 is 47.8 Å². The Morgan fingerprint density at radius 1 is 1.65 bits per heavy atom. The van der Waals surface area contributed by atoms with E-state index in [-0.39, 0.29) is 0 Å². The molecule has 0 radical (unpaired) electrons. The second-order valence-electron chi connectivity index (χ2n) is 4.73.